The summed E-state index contributed by atoms with van der Waals surface area (Å²) in [6.07, 6.45) is 6.27. The van der Waals surface area contributed by atoms with E-state index in [-0.39, 0.29) is 11.9 Å². The zero-order chi connectivity index (χ0) is 17.3. The molecule has 0 aliphatic carbocycles. The number of hydrogen-bond acceptors (Lipinski definition) is 5. The Balaban J connectivity index is 1.83. The molecular weight excluding hydrogens is 322 g/mol. The van der Waals surface area contributed by atoms with E-state index in [1.807, 2.05) is 36.7 Å². The first-order valence-corrected chi connectivity index (χ1v) is 8.89. The van der Waals surface area contributed by atoms with Crippen LogP contribution in [0.4, 0.5) is 0 Å². The van der Waals surface area contributed by atoms with Gasteiger partial charge in [0.15, 0.2) is 0 Å². The van der Waals surface area contributed by atoms with E-state index in [1.54, 1.807) is 6.20 Å². The second kappa shape index (κ2) is 6.68. The SMILES string of the molecule is CC[C@H](NC(=O)c1sc(C(C)C)nc1C)c1cn2cccnc2n1. The molecule has 3 aromatic heterocycles. The third kappa shape index (κ3) is 3.17. The van der Waals surface area contributed by atoms with E-state index in [4.69, 9.17) is 0 Å². The van der Waals surface area contributed by atoms with Crippen LogP contribution in [0.3, 0.4) is 0 Å². The summed E-state index contributed by atoms with van der Waals surface area (Å²) in [5.41, 5.74) is 1.60. The van der Waals surface area contributed by atoms with Crippen molar-refractivity contribution in [3.8, 4) is 0 Å². The average Bonchev–Trinajstić information content (AvgIpc) is 3.15. The van der Waals surface area contributed by atoms with Gasteiger partial charge in [-0.2, -0.15) is 0 Å². The summed E-state index contributed by atoms with van der Waals surface area (Å²) < 4.78 is 1.86. The van der Waals surface area contributed by atoms with Crippen LogP contribution >= 0.6 is 11.3 Å². The van der Waals surface area contributed by atoms with Gasteiger partial charge in [-0.3, -0.25) is 9.20 Å². The Labute approximate surface area is 145 Å². The largest absolute Gasteiger partial charge is 0.343 e. The molecule has 3 aromatic rings. The number of rotatable bonds is 5. The molecule has 0 aliphatic heterocycles. The lowest BCUT2D eigenvalue weighted by molar-refractivity contribution is 0.0938. The molecule has 24 heavy (non-hydrogen) atoms. The lowest BCUT2D eigenvalue weighted by Gasteiger charge is -2.14. The van der Waals surface area contributed by atoms with Gasteiger partial charge in [-0.1, -0.05) is 20.8 Å². The van der Waals surface area contributed by atoms with E-state index in [2.05, 4.69) is 34.1 Å². The maximum absolute atomic E-state index is 12.7. The average molecular weight is 343 g/mol. The molecule has 0 aromatic carbocycles. The van der Waals surface area contributed by atoms with Crippen LogP contribution in [0.5, 0.6) is 0 Å². The molecule has 0 saturated carbocycles. The zero-order valence-corrected chi connectivity index (χ0v) is 15.1. The maximum atomic E-state index is 12.7. The third-order valence-electron chi connectivity index (χ3n) is 3.84. The summed E-state index contributed by atoms with van der Waals surface area (Å²) >= 11 is 1.47. The van der Waals surface area contributed by atoms with Crippen LogP contribution < -0.4 is 5.32 Å². The van der Waals surface area contributed by atoms with E-state index in [1.165, 1.54) is 11.3 Å². The molecule has 0 spiro atoms. The fourth-order valence-corrected chi connectivity index (χ4v) is 3.47. The standard InChI is InChI=1S/C17H21N5OS/c1-5-12(13-9-22-8-6-7-18-17(22)21-13)20-15(23)14-11(4)19-16(24-14)10(2)3/h6-10,12H,5H2,1-4H3,(H,20,23)/t12-/m0/s1. The minimum Gasteiger partial charge on any atom is -0.343 e. The highest BCUT2D eigenvalue weighted by atomic mass is 32.1. The molecule has 3 rings (SSSR count). The second-order valence-electron chi connectivity index (χ2n) is 6.05. The molecule has 1 atom stereocenters. The number of nitrogens with zero attached hydrogens (tertiary/aromatic N) is 4. The summed E-state index contributed by atoms with van der Waals surface area (Å²) in [6.45, 7) is 8.07. The van der Waals surface area contributed by atoms with Crippen LogP contribution in [0.1, 0.15) is 65.2 Å². The molecular formula is C17H21N5OS. The molecule has 1 amide bonds. The first-order valence-electron chi connectivity index (χ1n) is 8.07. The first kappa shape index (κ1) is 16.6. The van der Waals surface area contributed by atoms with Gasteiger partial charge in [0.1, 0.15) is 4.88 Å². The van der Waals surface area contributed by atoms with Gasteiger partial charge in [0.2, 0.25) is 5.78 Å². The van der Waals surface area contributed by atoms with Crippen LogP contribution in [0.15, 0.2) is 24.7 Å². The monoisotopic (exact) mass is 343 g/mol. The molecule has 0 radical (unpaired) electrons. The summed E-state index contributed by atoms with van der Waals surface area (Å²) in [6, 6.07) is 1.70. The molecule has 0 unspecified atom stereocenters. The highest BCUT2D eigenvalue weighted by Gasteiger charge is 2.21. The molecule has 0 fully saturated rings. The number of aryl methyl sites for hydroxylation is 1. The van der Waals surface area contributed by atoms with Crippen molar-refractivity contribution in [2.45, 2.75) is 46.1 Å². The van der Waals surface area contributed by atoms with Crippen LogP contribution in [-0.2, 0) is 0 Å². The van der Waals surface area contributed by atoms with Crippen molar-refractivity contribution in [3.05, 3.63) is 45.9 Å². The number of imidazole rings is 1. The van der Waals surface area contributed by atoms with Crippen molar-refractivity contribution in [1.29, 1.82) is 0 Å². The van der Waals surface area contributed by atoms with Crippen molar-refractivity contribution in [2.75, 3.05) is 0 Å². The minimum absolute atomic E-state index is 0.0891. The van der Waals surface area contributed by atoms with E-state index in [9.17, 15) is 4.79 Å². The lowest BCUT2D eigenvalue weighted by atomic mass is 10.1. The lowest BCUT2D eigenvalue weighted by Crippen LogP contribution is -2.28. The normalized spacial score (nSPS) is 12.7. The fourth-order valence-electron chi connectivity index (χ4n) is 2.50. The molecule has 7 heteroatoms. The molecule has 3 heterocycles. The summed E-state index contributed by atoms with van der Waals surface area (Å²) in [5, 5.41) is 4.07. The topological polar surface area (TPSA) is 72.2 Å². The van der Waals surface area contributed by atoms with Crippen LogP contribution in [0, 0.1) is 6.92 Å². The Morgan fingerprint density at radius 1 is 1.38 bits per heavy atom. The highest BCUT2D eigenvalue weighted by Crippen LogP contribution is 2.25. The van der Waals surface area contributed by atoms with Crippen molar-refractivity contribution in [1.82, 2.24) is 24.7 Å². The Morgan fingerprint density at radius 3 is 2.79 bits per heavy atom. The van der Waals surface area contributed by atoms with Crippen molar-refractivity contribution in [3.63, 3.8) is 0 Å². The zero-order valence-electron chi connectivity index (χ0n) is 14.3. The maximum Gasteiger partial charge on any atom is 0.263 e. The third-order valence-corrected chi connectivity index (χ3v) is 5.29. The van der Waals surface area contributed by atoms with E-state index in [0.717, 1.165) is 22.8 Å². The number of thiazole rings is 1. The molecule has 126 valence electrons. The molecule has 6 nitrogen and oxygen atoms in total. The van der Waals surface area contributed by atoms with Gasteiger partial charge in [0.05, 0.1) is 22.4 Å². The van der Waals surface area contributed by atoms with Crippen LogP contribution in [0.25, 0.3) is 5.78 Å². The van der Waals surface area contributed by atoms with Gasteiger partial charge >= 0.3 is 0 Å². The number of carbonyl (C=O) groups is 1. The summed E-state index contributed by atoms with van der Waals surface area (Å²) in [7, 11) is 0. The number of aromatic nitrogens is 4. The van der Waals surface area contributed by atoms with E-state index < -0.39 is 0 Å². The molecule has 1 N–H and O–H groups in total. The smallest absolute Gasteiger partial charge is 0.263 e. The number of amides is 1. The number of carbonyl (C=O) groups excluding carboxylic acids is 1. The minimum atomic E-state index is -0.150. The van der Waals surface area contributed by atoms with Crippen LogP contribution in [-0.4, -0.2) is 25.3 Å². The van der Waals surface area contributed by atoms with Gasteiger partial charge in [0.25, 0.3) is 5.91 Å². The Hall–Kier alpha value is -2.28. The van der Waals surface area contributed by atoms with Crippen molar-refractivity contribution < 1.29 is 4.79 Å². The number of hydrogen-bond donors (Lipinski definition) is 1. The number of nitrogens with one attached hydrogen (secondary N) is 1. The summed E-state index contributed by atoms with van der Waals surface area (Å²) in [4.78, 5) is 26.6. The van der Waals surface area contributed by atoms with Crippen molar-refractivity contribution in [2.24, 2.45) is 0 Å². The Kier molecular flexibility index (Phi) is 4.62. The van der Waals surface area contributed by atoms with Gasteiger partial charge < -0.3 is 5.32 Å². The van der Waals surface area contributed by atoms with Gasteiger partial charge in [0, 0.05) is 24.5 Å². The quantitative estimate of drug-likeness (QED) is 0.769. The van der Waals surface area contributed by atoms with E-state index >= 15 is 0 Å². The second-order valence-corrected chi connectivity index (χ2v) is 7.08. The molecule has 0 aliphatic rings. The number of fused-ring (bicyclic) bond motifs is 1. The predicted molar refractivity (Wildman–Crippen MR) is 94.4 cm³/mol. The van der Waals surface area contributed by atoms with Crippen molar-refractivity contribution >= 4 is 23.0 Å². The first-order chi connectivity index (χ1) is 11.5. The van der Waals surface area contributed by atoms with E-state index in [0.29, 0.717) is 16.6 Å². The highest BCUT2D eigenvalue weighted by molar-refractivity contribution is 7.13. The van der Waals surface area contributed by atoms with Crippen LogP contribution in [0.2, 0.25) is 0 Å². The van der Waals surface area contributed by atoms with Gasteiger partial charge in [-0.25, -0.2) is 15.0 Å². The van der Waals surface area contributed by atoms with Gasteiger partial charge in [-0.05, 0) is 19.4 Å². The Morgan fingerprint density at radius 2 is 2.17 bits per heavy atom. The predicted octanol–water partition coefficient (Wildman–Crippen LogP) is 3.50. The Bertz CT molecular complexity index is 834. The molecule has 0 bridgehead atoms. The summed E-state index contributed by atoms with van der Waals surface area (Å²) in [5.74, 6) is 0.867. The van der Waals surface area contributed by atoms with Gasteiger partial charge in [-0.15, -0.1) is 11.3 Å². The fraction of sp³-hybridized carbons (Fsp3) is 0.412. The molecule has 0 saturated heterocycles.